The van der Waals surface area contributed by atoms with Crippen molar-refractivity contribution in [3.8, 4) is 17.2 Å². The van der Waals surface area contributed by atoms with Gasteiger partial charge in [-0.3, -0.25) is 0 Å². The topological polar surface area (TPSA) is 23.8 Å². The van der Waals surface area contributed by atoms with Gasteiger partial charge in [0.15, 0.2) is 0 Å². The summed E-state index contributed by atoms with van der Waals surface area (Å²) in [5, 5.41) is 9.44. The monoisotopic (exact) mass is 791 g/mol. The normalized spacial score (nSPS) is 20.0. The zero-order chi connectivity index (χ0) is 40.5. The van der Waals surface area contributed by atoms with Gasteiger partial charge in [0.1, 0.15) is 5.41 Å². The maximum absolute atomic E-state index is 15.3. The highest BCUT2D eigenvalue weighted by Crippen LogP contribution is 2.67. The van der Waals surface area contributed by atoms with Crippen molar-refractivity contribution in [1.29, 1.82) is 5.26 Å². The largest absolute Gasteiger partial charge is 0.460 e. The van der Waals surface area contributed by atoms with E-state index in [0.717, 1.165) is 43.2 Å². The van der Waals surface area contributed by atoms with Crippen molar-refractivity contribution in [2.45, 2.75) is 131 Å². The highest BCUT2D eigenvalue weighted by atomic mass is 19.4. The molecule has 0 amide bonds. The smallest absolute Gasteiger partial charge is 0.198 e. The Morgan fingerprint density at radius 3 is 1.38 bits per heavy atom. The molecule has 0 radical (unpaired) electrons. The van der Waals surface area contributed by atoms with Crippen LogP contribution < -0.4 is 0 Å². The average molecular weight is 792 g/mol. The minimum absolute atomic E-state index is 0.388. The molecule has 0 unspecified atom stereocenters. The maximum atomic E-state index is 15.3. The zero-order valence-electron chi connectivity index (χ0n) is 27.8. The van der Waals surface area contributed by atoms with Crippen molar-refractivity contribution in [2.75, 3.05) is 0 Å². The maximum Gasteiger partial charge on any atom is 0.460 e. The van der Waals surface area contributed by atoms with Gasteiger partial charge in [0.05, 0.1) is 6.07 Å². The highest BCUT2D eigenvalue weighted by molar-refractivity contribution is 5.64. The number of benzene rings is 2. The first kappa shape index (κ1) is 44.1. The van der Waals surface area contributed by atoms with Crippen molar-refractivity contribution < 1.29 is 74.6 Å². The second-order valence-corrected chi connectivity index (χ2v) is 13.3. The quantitative estimate of drug-likeness (QED) is 0.123. The third-order valence-corrected chi connectivity index (χ3v) is 9.86. The van der Waals surface area contributed by atoms with E-state index in [1.54, 1.807) is 12.1 Å². The molecule has 0 bridgehead atoms. The van der Waals surface area contributed by atoms with Crippen molar-refractivity contribution in [1.82, 2.24) is 0 Å². The molecule has 2 aromatic rings. The molecular weight excluding hydrogens is 757 g/mol. The standard InChI is InChI=1S/C35H34F17N/c1-2-3-4-5-6-7-8-22-9-11-23(12-10-22)24-13-15-25(16-14-24)26-17-19-27(21-53,20-18-26)28(36,37)29(38,39)30(40,41)31(42,43)32(44,45)33(46,47)34(48,49)35(50,51)52/h9-16,26H,2-8,17-20H2,1H3. The number of hydrogen-bond acceptors (Lipinski definition) is 1. The molecule has 1 aliphatic carbocycles. The zero-order valence-corrected chi connectivity index (χ0v) is 27.8. The van der Waals surface area contributed by atoms with E-state index in [1.165, 1.54) is 25.0 Å². The van der Waals surface area contributed by atoms with Gasteiger partial charge in [-0.1, -0.05) is 87.6 Å². The number of nitriles is 1. The van der Waals surface area contributed by atoms with Crippen LogP contribution in [-0.2, 0) is 6.42 Å². The van der Waals surface area contributed by atoms with E-state index < -0.39 is 84.7 Å². The molecule has 1 fully saturated rings. The van der Waals surface area contributed by atoms with Crippen molar-refractivity contribution in [2.24, 2.45) is 5.41 Å². The minimum atomic E-state index is -8.71. The molecule has 1 saturated carbocycles. The van der Waals surface area contributed by atoms with Gasteiger partial charge in [-0.2, -0.15) is 79.9 Å². The Labute approximate surface area is 293 Å². The minimum Gasteiger partial charge on any atom is -0.198 e. The van der Waals surface area contributed by atoms with E-state index in [2.05, 4.69) is 6.92 Å². The Morgan fingerprint density at radius 2 is 0.943 bits per heavy atom. The summed E-state index contributed by atoms with van der Waals surface area (Å²) in [6.45, 7) is 2.13. The third kappa shape index (κ3) is 7.43. The number of unbranched alkanes of at least 4 members (excludes halogenated alkanes) is 5. The van der Waals surface area contributed by atoms with Crippen molar-refractivity contribution in [3.63, 3.8) is 0 Å². The van der Waals surface area contributed by atoms with Gasteiger partial charge in [0, 0.05) is 0 Å². The van der Waals surface area contributed by atoms with Crippen LogP contribution >= 0.6 is 0 Å². The summed E-state index contributed by atoms with van der Waals surface area (Å²) in [6.07, 6.45) is -4.42. The molecule has 0 saturated heterocycles. The first-order chi connectivity index (χ1) is 24.1. The Bertz CT molecular complexity index is 1550. The molecule has 1 nitrogen and oxygen atoms in total. The fraction of sp³-hybridized carbons (Fsp3) is 0.629. The van der Waals surface area contributed by atoms with E-state index in [1.807, 2.05) is 24.3 Å². The molecule has 0 aromatic heterocycles. The molecule has 0 atom stereocenters. The Hall–Kier alpha value is -3.26. The summed E-state index contributed by atoms with van der Waals surface area (Å²) in [4.78, 5) is 0. The fourth-order valence-electron chi connectivity index (χ4n) is 6.33. The molecular formula is C35H34F17N. The lowest BCUT2D eigenvalue weighted by Crippen LogP contribution is -2.75. The summed E-state index contributed by atoms with van der Waals surface area (Å²) >= 11 is 0. The second-order valence-electron chi connectivity index (χ2n) is 13.3. The molecule has 0 heterocycles. The highest BCUT2D eigenvalue weighted by Gasteiger charge is 2.96. The van der Waals surface area contributed by atoms with E-state index in [0.29, 0.717) is 17.2 Å². The number of nitrogens with zero attached hydrogens (tertiary/aromatic N) is 1. The molecule has 18 heteroatoms. The van der Waals surface area contributed by atoms with Gasteiger partial charge in [-0.15, -0.1) is 0 Å². The molecule has 2 aromatic carbocycles. The third-order valence-electron chi connectivity index (χ3n) is 9.86. The summed E-state index contributed by atoms with van der Waals surface area (Å²) in [6, 6.07) is 14.5. The van der Waals surface area contributed by atoms with Crippen LogP contribution in [0.1, 0.15) is 88.2 Å². The molecule has 1 aliphatic rings. The van der Waals surface area contributed by atoms with Crippen LogP contribution in [0, 0.1) is 16.7 Å². The Morgan fingerprint density at radius 1 is 0.547 bits per heavy atom. The lowest BCUT2D eigenvalue weighted by molar-refractivity contribution is -0.465. The first-order valence-electron chi connectivity index (χ1n) is 16.5. The van der Waals surface area contributed by atoms with Crippen LogP contribution in [0.3, 0.4) is 0 Å². The predicted octanol–water partition coefficient (Wildman–Crippen LogP) is 13.4. The van der Waals surface area contributed by atoms with Crippen LogP contribution in [0.2, 0.25) is 0 Å². The van der Waals surface area contributed by atoms with Crippen LogP contribution in [0.4, 0.5) is 74.6 Å². The SMILES string of the molecule is CCCCCCCCc1ccc(-c2ccc(C3CCC(C#N)(C(F)(F)C(F)(F)C(F)(F)C(F)(F)C(F)(F)C(F)(F)C(F)(F)C(F)(F)F)CC3)cc2)cc1. The van der Waals surface area contributed by atoms with Crippen LogP contribution in [-0.4, -0.2) is 47.6 Å². The van der Waals surface area contributed by atoms with Crippen molar-refractivity contribution >= 4 is 0 Å². The van der Waals surface area contributed by atoms with E-state index in [4.69, 9.17) is 0 Å². The van der Waals surface area contributed by atoms with Crippen LogP contribution in [0.25, 0.3) is 11.1 Å². The van der Waals surface area contributed by atoms with Gasteiger partial charge in [-0.05, 0) is 66.7 Å². The van der Waals surface area contributed by atoms with E-state index in [9.17, 15) is 71.1 Å². The Kier molecular flexibility index (Phi) is 12.6. The predicted molar refractivity (Wildman–Crippen MR) is 159 cm³/mol. The number of alkyl halides is 17. The first-order valence-corrected chi connectivity index (χ1v) is 16.5. The van der Waals surface area contributed by atoms with E-state index in [-0.39, 0.29) is 0 Å². The number of halogens is 17. The van der Waals surface area contributed by atoms with Gasteiger partial charge < -0.3 is 0 Å². The summed E-state index contributed by atoms with van der Waals surface area (Å²) in [5.74, 6) is -58.1. The summed E-state index contributed by atoms with van der Waals surface area (Å²) in [5.41, 5.74) is -1.04. The second kappa shape index (κ2) is 15.1. The number of rotatable bonds is 16. The summed E-state index contributed by atoms with van der Waals surface area (Å²) < 4.78 is 236. The van der Waals surface area contributed by atoms with Crippen LogP contribution in [0.5, 0.6) is 0 Å². The fourth-order valence-corrected chi connectivity index (χ4v) is 6.33. The molecule has 298 valence electrons. The average Bonchev–Trinajstić information content (AvgIpc) is 3.09. The van der Waals surface area contributed by atoms with E-state index >= 15 is 8.78 Å². The lowest BCUT2D eigenvalue weighted by Gasteiger charge is -2.47. The van der Waals surface area contributed by atoms with Gasteiger partial charge >= 0.3 is 47.6 Å². The lowest BCUT2D eigenvalue weighted by atomic mass is 9.64. The Balaban J connectivity index is 1.79. The van der Waals surface area contributed by atoms with Crippen LogP contribution in [0.15, 0.2) is 48.5 Å². The van der Waals surface area contributed by atoms with Gasteiger partial charge in [0.25, 0.3) is 0 Å². The number of hydrogen-bond donors (Lipinski definition) is 0. The number of aryl methyl sites for hydroxylation is 1. The molecule has 0 aliphatic heterocycles. The van der Waals surface area contributed by atoms with Crippen molar-refractivity contribution in [3.05, 3.63) is 59.7 Å². The summed E-state index contributed by atoms with van der Waals surface area (Å²) in [7, 11) is 0. The van der Waals surface area contributed by atoms with Gasteiger partial charge in [0.2, 0.25) is 0 Å². The molecule has 0 spiro atoms. The van der Waals surface area contributed by atoms with Gasteiger partial charge in [-0.25, -0.2) is 0 Å². The molecule has 0 N–H and O–H groups in total. The molecule has 3 rings (SSSR count). The molecule has 53 heavy (non-hydrogen) atoms.